The molecule has 0 aliphatic carbocycles. The summed E-state index contributed by atoms with van der Waals surface area (Å²) in [5, 5.41) is 10.2. The normalized spacial score (nSPS) is 13.0. The number of nitrogens with two attached hydrogens (primary N) is 1. The van der Waals surface area contributed by atoms with E-state index in [-0.39, 0.29) is 6.54 Å². The fraction of sp³-hybridized carbons (Fsp3) is 0.400. The van der Waals surface area contributed by atoms with Gasteiger partial charge in [0.2, 0.25) is 0 Å². The van der Waals surface area contributed by atoms with Crippen LogP contribution in [0, 0.1) is 13.8 Å². The van der Waals surface area contributed by atoms with E-state index in [9.17, 15) is 5.11 Å². The molecular formula is C10H14ClNO. The first-order valence-electron chi connectivity index (χ1n) is 4.21. The molecule has 0 spiro atoms. The summed E-state index contributed by atoms with van der Waals surface area (Å²) in [6, 6.07) is 3.85. The molecule has 3 heteroatoms. The molecule has 0 saturated carbocycles. The first kappa shape index (κ1) is 10.5. The maximum atomic E-state index is 9.55. The van der Waals surface area contributed by atoms with Gasteiger partial charge in [-0.3, -0.25) is 0 Å². The van der Waals surface area contributed by atoms with Crippen LogP contribution in [0.3, 0.4) is 0 Å². The Morgan fingerprint density at radius 3 is 2.62 bits per heavy atom. The Kier molecular flexibility index (Phi) is 3.31. The summed E-state index contributed by atoms with van der Waals surface area (Å²) in [6.45, 7) is 4.08. The third kappa shape index (κ3) is 2.21. The molecule has 0 fully saturated rings. The second kappa shape index (κ2) is 4.09. The van der Waals surface area contributed by atoms with Crippen molar-refractivity contribution in [2.75, 3.05) is 6.54 Å². The number of rotatable bonds is 2. The van der Waals surface area contributed by atoms with E-state index in [1.165, 1.54) is 0 Å². The molecule has 1 rings (SSSR count). The van der Waals surface area contributed by atoms with Crippen LogP contribution in [0.2, 0.25) is 5.02 Å². The van der Waals surface area contributed by atoms with Gasteiger partial charge in [-0.25, -0.2) is 0 Å². The van der Waals surface area contributed by atoms with Crippen LogP contribution in [0.25, 0.3) is 0 Å². The van der Waals surface area contributed by atoms with Gasteiger partial charge in [-0.2, -0.15) is 0 Å². The third-order valence-electron chi connectivity index (χ3n) is 2.01. The topological polar surface area (TPSA) is 46.2 Å². The van der Waals surface area contributed by atoms with Crippen LogP contribution < -0.4 is 5.73 Å². The molecule has 0 bridgehead atoms. The fourth-order valence-corrected chi connectivity index (χ4v) is 1.59. The van der Waals surface area contributed by atoms with Gasteiger partial charge in [0.15, 0.2) is 0 Å². The molecule has 0 amide bonds. The van der Waals surface area contributed by atoms with Crippen molar-refractivity contribution in [1.82, 2.24) is 0 Å². The lowest BCUT2D eigenvalue weighted by atomic mass is 10.0. The number of hydrogen-bond donors (Lipinski definition) is 2. The van der Waals surface area contributed by atoms with E-state index in [1.807, 2.05) is 26.0 Å². The lowest BCUT2D eigenvalue weighted by Gasteiger charge is -2.13. The van der Waals surface area contributed by atoms with E-state index in [2.05, 4.69) is 0 Å². The highest BCUT2D eigenvalue weighted by Crippen LogP contribution is 2.27. The van der Waals surface area contributed by atoms with E-state index in [1.54, 1.807) is 0 Å². The van der Waals surface area contributed by atoms with Crippen LogP contribution in [-0.4, -0.2) is 11.7 Å². The second-order valence-corrected chi connectivity index (χ2v) is 3.61. The summed E-state index contributed by atoms with van der Waals surface area (Å²) in [6.07, 6.45) is -0.661. The minimum Gasteiger partial charge on any atom is -0.387 e. The van der Waals surface area contributed by atoms with Crippen molar-refractivity contribution in [3.8, 4) is 0 Å². The Balaban J connectivity index is 3.20. The number of halogens is 1. The minimum absolute atomic E-state index is 0.197. The molecule has 72 valence electrons. The fourth-order valence-electron chi connectivity index (χ4n) is 1.35. The van der Waals surface area contributed by atoms with Gasteiger partial charge in [0.1, 0.15) is 0 Å². The first-order valence-corrected chi connectivity index (χ1v) is 4.59. The smallest absolute Gasteiger partial charge is 0.0926 e. The number of aliphatic hydroxyl groups is 1. The highest BCUT2D eigenvalue weighted by atomic mass is 35.5. The van der Waals surface area contributed by atoms with Crippen molar-refractivity contribution in [3.05, 3.63) is 33.8 Å². The quantitative estimate of drug-likeness (QED) is 0.765. The molecule has 0 radical (unpaired) electrons. The van der Waals surface area contributed by atoms with Crippen molar-refractivity contribution in [2.24, 2.45) is 5.73 Å². The third-order valence-corrected chi connectivity index (χ3v) is 2.53. The zero-order valence-corrected chi connectivity index (χ0v) is 8.60. The average molecular weight is 200 g/mol. The van der Waals surface area contributed by atoms with Gasteiger partial charge < -0.3 is 10.8 Å². The van der Waals surface area contributed by atoms with Crippen molar-refractivity contribution < 1.29 is 5.11 Å². The summed E-state index contributed by atoms with van der Waals surface area (Å²) in [5.41, 5.74) is 8.15. The molecule has 3 N–H and O–H groups in total. The van der Waals surface area contributed by atoms with Gasteiger partial charge >= 0.3 is 0 Å². The Bertz CT molecular complexity index is 312. The Labute approximate surface area is 83.3 Å². The zero-order valence-electron chi connectivity index (χ0n) is 7.84. The molecule has 0 aliphatic heterocycles. The summed E-state index contributed by atoms with van der Waals surface area (Å²) in [5.74, 6) is 0. The van der Waals surface area contributed by atoms with E-state index < -0.39 is 6.10 Å². The SMILES string of the molecule is Cc1cc(C)c(Cl)c(C(O)CN)c1. The number of benzene rings is 1. The molecule has 1 aromatic carbocycles. The molecule has 0 heterocycles. The summed E-state index contributed by atoms with van der Waals surface area (Å²) < 4.78 is 0. The molecule has 1 unspecified atom stereocenters. The van der Waals surface area contributed by atoms with E-state index in [4.69, 9.17) is 17.3 Å². The summed E-state index contributed by atoms with van der Waals surface area (Å²) >= 11 is 6.02. The van der Waals surface area contributed by atoms with Gasteiger partial charge in [-0.15, -0.1) is 0 Å². The van der Waals surface area contributed by atoms with Gasteiger partial charge in [0, 0.05) is 17.1 Å². The van der Waals surface area contributed by atoms with Gasteiger partial charge in [-0.05, 0) is 19.4 Å². The maximum absolute atomic E-state index is 9.55. The molecule has 13 heavy (non-hydrogen) atoms. The van der Waals surface area contributed by atoms with Gasteiger partial charge in [0.25, 0.3) is 0 Å². The first-order chi connectivity index (χ1) is 6.06. The van der Waals surface area contributed by atoms with E-state index >= 15 is 0 Å². The van der Waals surface area contributed by atoms with Gasteiger partial charge in [-0.1, -0.05) is 29.3 Å². The monoisotopic (exact) mass is 199 g/mol. The zero-order chi connectivity index (χ0) is 10.0. The van der Waals surface area contributed by atoms with Crippen molar-refractivity contribution >= 4 is 11.6 Å². The standard InChI is InChI=1S/C10H14ClNO/c1-6-3-7(2)10(11)8(4-6)9(13)5-12/h3-4,9,13H,5,12H2,1-2H3. The Hall–Kier alpha value is -0.570. The summed E-state index contributed by atoms with van der Waals surface area (Å²) in [7, 11) is 0. The summed E-state index contributed by atoms with van der Waals surface area (Å²) in [4.78, 5) is 0. The van der Waals surface area contributed by atoms with Crippen LogP contribution in [-0.2, 0) is 0 Å². The Morgan fingerprint density at radius 2 is 2.08 bits per heavy atom. The van der Waals surface area contributed by atoms with Crippen LogP contribution in [0.5, 0.6) is 0 Å². The average Bonchev–Trinajstić information content (AvgIpc) is 2.10. The highest BCUT2D eigenvalue weighted by molar-refractivity contribution is 6.32. The molecule has 1 aromatic rings. The molecule has 0 saturated heterocycles. The van der Waals surface area contributed by atoms with Crippen LogP contribution >= 0.6 is 11.6 Å². The number of hydrogen-bond acceptors (Lipinski definition) is 2. The second-order valence-electron chi connectivity index (χ2n) is 3.24. The minimum atomic E-state index is -0.661. The molecule has 1 atom stereocenters. The molecular weight excluding hydrogens is 186 g/mol. The van der Waals surface area contributed by atoms with Crippen molar-refractivity contribution in [3.63, 3.8) is 0 Å². The predicted molar refractivity (Wildman–Crippen MR) is 54.9 cm³/mol. The number of aryl methyl sites for hydroxylation is 2. The van der Waals surface area contributed by atoms with Crippen molar-refractivity contribution in [1.29, 1.82) is 0 Å². The van der Waals surface area contributed by atoms with Crippen LogP contribution in [0.4, 0.5) is 0 Å². The van der Waals surface area contributed by atoms with E-state index in [0.29, 0.717) is 5.02 Å². The predicted octanol–water partition coefficient (Wildman–Crippen LogP) is 1.95. The maximum Gasteiger partial charge on any atom is 0.0926 e. The largest absolute Gasteiger partial charge is 0.387 e. The van der Waals surface area contributed by atoms with Crippen LogP contribution in [0.1, 0.15) is 22.8 Å². The van der Waals surface area contributed by atoms with Crippen molar-refractivity contribution in [2.45, 2.75) is 20.0 Å². The van der Waals surface area contributed by atoms with E-state index in [0.717, 1.165) is 16.7 Å². The lowest BCUT2D eigenvalue weighted by Crippen LogP contribution is -2.12. The lowest BCUT2D eigenvalue weighted by molar-refractivity contribution is 0.186. The number of aliphatic hydroxyl groups excluding tert-OH is 1. The molecule has 2 nitrogen and oxygen atoms in total. The molecule has 0 aromatic heterocycles. The van der Waals surface area contributed by atoms with Gasteiger partial charge in [0.05, 0.1) is 6.10 Å². The Morgan fingerprint density at radius 1 is 1.46 bits per heavy atom. The molecule has 0 aliphatic rings. The van der Waals surface area contributed by atoms with Crippen LogP contribution in [0.15, 0.2) is 12.1 Å². The highest BCUT2D eigenvalue weighted by Gasteiger charge is 2.11.